The predicted molar refractivity (Wildman–Crippen MR) is 64.8 cm³/mol. The Morgan fingerprint density at radius 2 is 2.07 bits per heavy atom. The first-order chi connectivity index (χ1) is 6.80. The number of aromatic nitrogens is 1. The van der Waals surface area contributed by atoms with Gasteiger partial charge in [-0.05, 0) is 34.5 Å². The van der Waals surface area contributed by atoms with E-state index in [9.17, 15) is 4.79 Å². The third-order valence-corrected chi connectivity index (χ3v) is 2.44. The highest BCUT2D eigenvalue weighted by Gasteiger charge is 2.21. The van der Waals surface area contributed by atoms with Gasteiger partial charge in [-0.15, -0.1) is 0 Å². The summed E-state index contributed by atoms with van der Waals surface area (Å²) in [6, 6.07) is 1.87. The zero-order valence-corrected chi connectivity index (χ0v) is 11.0. The maximum atomic E-state index is 11.7. The monoisotopic (exact) mass is 270 g/mol. The Morgan fingerprint density at radius 1 is 1.47 bits per heavy atom. The molecule has 0 bridgehead atoms. The summed E-state index contributed by atoms with van der Waals surface area (Å²) in [6.45, 7) is 7.57. The van der Waals surface area contributed by atoms with Crippen LogP contribution in [0.2, 0.25) is 0 Å². The molecule has 0 unspecified atom stereocenters. The quantitative estimate of drug-likeness (QED) is 0.797. The van der Waals surface area contributed by atoms with E-state index < -0.39 is 0 Å². The number of nitrogens with one attached hydrogen (secondary N) is 1. The zero-order chi connectivity index (χ0) is 11.6. The van der Waals surface area contributed by atoms with Gasteiger partial charge in [0, 0.05) is 5.41 Å². The number of carbonyl (C=O) groups is 1. The summed E-state index contributed by atoms with van der Waals surface area (Å²) >= 11 is 3.28. The van der Waals surface area contributed by atoms with Crippen molar-refractivity contribution < 1.29 is 4.79 Å². The maximum absolute atomic E-state index is 11.7. The van der Waals surface area contributed by atoms with Crippen molar-refractivity contribution in [1.82, 2.24) is 4.98 Å². The fourth-order valence-corrected chi connectivity index (χ4v) is 1.41. The van der Waals surface area contributed by atoms with Crippen LogP contribution < -0.4 is 5.32 Å². The lowest BCUT2D eigenvalue weighted by atomic mass is 9.95. The molecule has 1 aromatic rings. The molecule has 1 aromatic heterocycles. The summed E-state index contributed by atoms with van der Waals surface area (Å²) < 4.78 is 0.772. The van der Waals surface area contributed by atoms with Crippen LogP contribution in [0.5, 0.6) is 0 Å². The lowest BCUT2D eigenvalue weighted by molar-refractivity contribution is -0.123. The second kappa shape index (κ2) is 4.31. The molecule has 0 aliphatic rings. The molecule has 0 atom stereocenters. The first kappa shape index (κ1) is 12.2. The maximum Gasteiger partial charge on any atom is 0.229 e. The third-order valence-electron chi connectivity index (χ3n) is 2.01. The molecule has 15 heavy (non-hydrogen) atoms. The van der Waals surface area contributed by atoms with E-state index >= 15 is 0 Å². The lowest BCUT2D eigenvalue weighted by Gasteiger charge is -2.18. The van der Waals surface area contributed by atoms with E-state index in [0.717, 1.165) is 15.9 Å². The summed E-state index contributed by atoms with van der Waals surface area (Å²) in [5.74, 6) is -0.00489. The van der Waals surface area contributed by atoms with Gasteiger partial charge in [-0.3, -0.25) is 4.79 Å². The smallest absolute Gasteiger partial charge is 0.229 e. The molecule has 3 nitrogen and oxygen atoms in total. The number of hydrogen-bond acceptors (Lipinski definition) is 2. The summed E-state index contributed by atoms with van der Waals surface area (Å²) in [4.78, 5) is 15.8. The molecular weight excluding hydrogens is 256 g/mol. The van der Waals surface area contributed by atoms with Gasteiger partial charge < -0.3 is 5.32 Å². The van der Waals surface area contributed by atoms with Gasteiger partial charge in [-0.25, -0.2) is 4.98 Å². The molecule has 1 amide bonds. The standard InChI is InChI=1S/C11H15BrN2O/c1-7-5-9(12)13-6-8(7)14-10(15)11(2,3)4/h5-6H,1-4H3,(H,14,15). The van der Waals surface area contributed by atoms with Crippen molar-refractivity contribution in [3.05, 3.63) is 22.4 Å². The van der Waals surface area contributed by atoms with Gasteiger partial charge in [0.05, 0.1) is 11.9 Å². The van der Waals surface area contributed by atoms with Crippen LogP contribution in [0, 0.1) is 12.3 Å². The van der Waals surface area contributed by atoms with Gasteiger partial charge in [-0.2, -0.15) is 0 Å². The topological polar surface area (TPSA) is 42.0 Å². The van der Waals surface area contributed by atoms with E-state index in [1.807, 2.05) is 33.8 Å². The first-order valence-corrected chi connectivity index (χ1v) is 5.53. The van der Waals surface area contributed by atoms with Crippen molar-refractivity contribution in [3.8, 4) is 0 Å². The van der Waals surface area contributed by atoms with Gasteiger partial charge in [0.25, 0.3) is 0 Å². The highest BCUT2D eigenvalue weighted by atomic mass is 79.9. The number of amides is 1. The molecule has 0 saturated carbocycles. The number of hydrogen-bond donors (Lipinski definition) is 1. The fourth-order valence-electron chi connectivity index (χ4n) is 0.962. The largest absolute Gasteiger partial charge is 0.324 e. The first-order valence-electron chi connectivity index (χ1n) is 4.74. The van der Waals surface area contributed by atoms with Crippen molar-refractivity contribution in [1.29, 1.82) is 0 Å². The molecule has 0 radical (unpaired) electrons. The molecule has 0 fully saturated rings. The highest BCUT2D eigenvalue weighted by molar-refractivity contribution is 9.10. The molecule has 0 spiro atoms. The fraction of sp³-hybridized carbons (Fsp3) is 0.455. The van der Waals surface area contributed by atoms with Crippen LogP contribution in [0.15, 0.2) is 16.9 Å². The average Bonchev–Trinajstić information content (AvgIpc) is 2.08. The van der Waals surface area contributed by atoms with Crippen molar-refractivity contribution in [3.63, 3.8) is 0 Å². The summed E-state index contributed by atoms with van der Waals surface area (Å²) in [7, 11) is 0. The second-order valence-corrected chi connectivity index (χ2v) is 5.34. The normalized spacial score (nSPS) is 11.3. The summed E-state index contributed by atoms with van der Waals surface area (Å²) in [6.07, 6.45) is 1.66. The minimum Gasteiger partial charge on any atom is -0.324 e. The number of carbonyl (C=O) groups excluding carboxylic acids is 1. The van der Waals surface area contributed by atoms with Gasteiger partial charge in [0.15, 0.2) is 0 Å². The van der Waals surface area contributed by atoms with Gasteiger partial charge in [-0.1, -0.05) is 20.8 Å². The average molecular weight is 271 g/mol. The van der Waals surface area contributed by atoms with Gasteiger partial charge >= 0.3 is 0 Å². The van der Waals surface area contributed by atoms with Crippen LogP contribution in [-0.4, -0.2) is 10.9 Å². The number of aryl methyl sites for hydroxylation is 1. The van der Waals surface area contributed by atoms with Gasteiger partial charge in [0.2, 0.25) is 5.91 Å². The summed E-state index contributed by atoms with van der Waals surface area (Å²) in [5, 5.41) is 2.86. The van der Waals surface area contributed by atoms with E-state index in [-0.39, 0.29) is 11.3 Å². The van der Waals surface area contributed by atoms with Crippen LogP contribution >= 0.6 is 15.9 Å². The Balaban J connectivity index is 2.87. The Bertz CT molecular complexity index is 383. The molecule has 0 aliphatic carbocycles. The van der Waals surface area contributed by atoms with E-state index in [0.29, 0.717) is 0 Å². The van der Waals surface area contributed by atoms with Crippen molar-refractivity contribution in [2.75, 3.05) is 5.32 Å². The SMILES string of the molecule is Cc1cc(Br)ncc1NC(=O)C(C)(C)C. The van der Waals surface area contributed by atoms with E-state index in [1.165, 1.54) is 0 Å². The Hall–Kier alpha value is -0.900. The van der Waals surface area contributed by atoms with Crippen LogP contribution in [0.3, 0.4) is 0 Å². The number of nitrogens with zero attached hydrogens (tertiary/aromatic N) is 1. The molecule has 1 N–H and O–H groups in total. The Labute approximate surface area is 98.4 Å². The Morgan fingerprint density at radius 3 is 2.53 bits per heavy atom. The summed E-state index contributed by atoms with van der Waals surface area (Å²) in [5.41, 5.74) is 1.37. The van der Waals surface area contributed by atoms with Crippen LogP contribution in [0.1, 0.15) is 26.3 Å². The van der Waals surface area contributed by atoms with Crippen LogP contribution in [0.4, 0.5) is 5.69 Å². The van der Waals surface area contributed by atoms with Crippen LogP contribution in [-0.2, 0) is 4.79 Å². The molecular formula is C11H15BrN2O. The molecule has 0 saturated heterocycles. The highest BCUT2D eigenvalue weighted by Crippen LogP contribution is 2.21. The number of pyridine rings is 1. The van der Waals surface area contributed by atoms with Gasteiger partial charge in [0.1, 0.15) is 4.60 Å². The molecule has 0 aromatic carbocycles. The predicted octanol–water partition coefficient (Wildman–Crippen LogP) is 3.14. The van der Waals surface area contributed by atoms with Crippen LogP contribution in [0.25, 0.3) is 0 Å². The Kier molecular flexibility index (Phi) is 3.50. The lowest BCUT2D eigenvalue weighted by Crippen LogP contribution is -2.28. The molecule has 4 heteroatoms. The van der Waals surface area contributed by atoms with E-state index in [4.69, 9.17) is 0 Å². The minimum absolute atomic E-state index is 0.00489. The minimum atomic E-state index is -0.389. The number of rotatable bonds is 1. The second-order valence-electron chi connectivity index (χ2n) is 4.53. The van der Waals surface area contributed by atoms with Crippen molar-refractivity contribution in [2.24, 2.45) is 5.41 Å². The molecule has 82 valence electrons. The zero-order valence-electron chi connectivity index (χ0n) is 9.39. The molecule has 0 aliphatic heterocycles. The van der Waals surface area contributed by atoms with E-state index in [2.05, 4.69) is 26.2 Å². The van der Waals surface area contributed by atoms with E-state index in [1.54, 1.807) is 6.20 Å². The number of halogens is 1. The van der Waals surface area contributed by atoms with Crippen molar-refractivity contribution >= 4 is 27.5 Å². The third kappa shape index (κ3) is 3.30. The van der Waals surface area contributed by atoms with Crippen molar-refractivity contribution in [2.45, 2.75) is 27.7 Å². The number of anilines is 1. The molecule has 1 rings (SSSR count). The molecule has 1 heterocycles.